The van der Waals surface area contributed by atoms with Crippen molar-refractivity contribution in [3.63, 3.8) is 0 Å². The Labute approximate surface area is 162 Å². The van der Waals surface area contributed by atoms with Crippen molar-refractivity contribution in [1.82, 2.24) is 15.5 Å². The van der Waals surface area contributed by atoms with Gasteiger partial charge in [0.2, 0.25) is 0 Å². The van der Waals surface area contributed by atoms with Crippen molar-refractivity contribution in [3.8, 4) is 5.75 Å². The summed E-state index contributed by atoms with van der Waals surface area (Å²) >= 11 is 0. The van der Waals surface area contributed by atoms with E-state index in [0.29, 0.717) is 5.92 Å². The fourth-order valence-corrected chi connectivity index (χ4v) is 3.31. The molecule has 27 heavy (non-hydrogen) atoms. The van der Waals surface area contributed by atoms with Gasteiger partial charge in [-0.05, 0) is 56.5 Å². The molecule has 0 aliphatic carbocycles. The highest BCUT2D eigenvalue weighted by Crippen LogP contribution is 2.21. The van der Waals surface area contributed by atoms with Crippen molar-refractivity contribution >= 4 is 5.96 Å². The molecule has 6 nitrogen and oxygen atoms in total. The lowest BCUT2D eigenvalue weighted by Gasteiger charge is -2.32. The molecule has 0 amide bonds. The minimum atomic E-state index is -0.355. The van der Waals surface area contributed by atoms with Gasteiger partial charge in [-0.15, -0.1) is 0 Å². The lowest BCUT2D eigenvalue weighted by Crippen LogP contribution is -2.43. The highest BCUT2D eigenvalue weighted by molar-refractivity contribution is 5.80. The number of ether oxygens (including phenoxy) is 2. The van der Waals surface area contributed by atoms with Crippen molar-refractivity contribution in [2.45, 2.75) is 25.8 Å². The second-order valence-corrected chi connectivity index (χ2v) is 6.99. The number of halogens is 1. The Bertz CT molecular complexity index is 604. The van der Waals surface area contributed by atoms with Crippen LogP contribution >= 0.6 is 0 Å². The summed E-state index contributed by atoms with van der Waals surface area (Å²) in [6, 6.07) is 4.95. The van der Waals surface area contributed by atoms with Crippen LogP contribution in [0.4, 0.5) is 4.39 Å². The van der Waals surface area contributed by atoms with E-state index in [1.807, 2.05) is 13.0 Å². The van der Waals surface area contributed by atoms with Gasteiger partial charge in [0, 0.05) is 27.2 Å². The molecular formula is C20H33FN4O2. The zero-order valence-corrected chi connectivity index (χ0v) is 16.9. The molecule has 1 fully saturated rings. The monoisotopic (exact) mass is 380 g/mol. The average molecular weight is 381 g/mol. The smallest absolute Gasteiger partial charge is 0.191 e. The van der Waals surface area contributed by atoms with Crippen LogP contribution in [0.2, 0.25) is 0 Å². The third kappa shape index (κ3) is 6.66. The highest BCUT2D eigenvalue weighted by atomic mass is 19.1. The van der Waals surface area contributed by atoms with E-state index in [1.54, 1.807) is 20.2 Å². The molecule has 0 bridgehead atoms. The van der Waals surface area contributed by atoms with Crippen LogP contribution in [0.25, 0.3) is 0 Å². The summed E-state index contributed by atoms with van der Waals surface area (Å²) in [7, 11) is 4.97. The van der Waals surface area contributed by atoms with Crippen LogP contribution in [0.1, 0.15) is 31.4 Å². The molecule has 2 rings (SSSR count). The minimum absolute atomic E-state index is 0.0625. The van der Waals surface area contributed by atoms with Gasteiger partial charge < -0.3 is 25.0 Å². The number of nitrogens with zero attached hydrogens (tertiary/aromatic N) is 2. The molecule has 1 aliphatic heterocycles. The Morgan fingerprint density at radius 1 is 1.33 bits per heavy atom. The second-order valence-electron chi connectivity index (χ2n) is 6.99. The van der Waals surface area contributed by atoms with Crippen molar-refractivity contribution in [3.05, 3.63) is 29.6 Å². The third-order valence-corrected chi connectivity index (χ3v) is 5.13. The van der Waals surface area contributed by atoms with Gasteiger partial charge in [0.15, 0.2) is 17.5 Å². The van der Waals surface area contributed by atoms with Gasteiger partial charge in [-0.25, -0.2) is 4.39 Å². The van der Waals surface area contributed by atoms with E-state index in [0.717, 1.165) is 44.3 Å². The van der Waals surface area contributed by atoms with Crippen LogP contribution in [0.5, 0.6) is 5.75 Å². The number of rotatable bonds is 8. The normalized spacial score (nSPS) is 17.6. The van der Waals surface area contributed by atoms with E-state index in [2.05, 4.69) is 20.5 Å². The molecule has 2 N–H and O–H groups in total. The summed E-state index contributed by atoms with van der Waals surface area (Å²) in [6.45, 7) is 6.91. The van der Waals surface area contributed by atoms with Crippen molar-refractivity contribution in [2.75, 3.05) is 54.1 Å². The lowest BCUT2D eigenvalue weighted by atomic mass is 9.97. The van der Waals surface area contributed by atoms with Crippen LogP contribution in [0.15, 0.2) is 23.2 Å². The Balaban J connectivity index is 1.78. The Kier molecular flexibility index (Phi) is 8.81. The molecule has 1 aromatic rings. The van der Waals surface area contributed by atoms with E-state index < -0.39 is 0 Å². The predicted molar refractivity (Wildman–Crippen MR) is 107 cm³/mol. The first-order valence-corrected chi connectivity index (χ1v) is 9.59. The lowest BCUT2D eigenvalue weighted by molar-refractivity contribution is 0.121. The van der Waals surface area contributed by atoms with Crippen molar-refractivity contribution in [1.29, 1.82) is 0 Å². The molecule has 152 valence electrons. The van der Waals surface area contributed by atoms with E-state index in [9.17, 15) is 4.39 Å². The van der Waals surface area contributed by atoms with Crippen molar-refractivity contribution in [2.24, 2.45) is 10.9 Å². The Morgan fingerprint density at radius 3 is 2.67 bits per heavy atom. The fraction of sp³-hybridized carbons (Fsp3) is 0.650. The number of hydrogen-bond donors (Lipinski definition) is 2. The van der Waals surface area contributed by atoms with Crippen LogP contribution < -0.4 is 15.4 Å². The SMILES string of the molecule is CN=C(NCC1CCN(CCOC)CC1)NC(C)c1ccc(OC)c(F)c1. The predicted octanol–water partition coefficient (Wildman–Crippen LogP) is 2.42. The first kappa shape index (κ1) is 21.4. The van der Waals surface area contributed by atoms with Gasteiger partial charge in [0.05, 0.1) is 19.8 Å². The van der Waals surface area contributed by atoms with E-state index in [1.165, 1.54) is 26.0 Å². The van der Waals surface area contributed by atoms with E-state index in [-0.39, 0.29) is 17.6 Å². The van der Waals surface area contributed by atoms with Crippen LogP contribution in [-0.4, -0.2) is 64.9 Å². The number of methoxy groups -OCH3 is 2. The first-order chi connectivity index (χ1) is 13.1. The number of nitrogens with one attached hydrogen (secondary N) is 2. The number of piperidine rings is 1. The first-order valence-electron chi connectivity index (χ1n) is 9.59. The van der Waals surface area contributed by atoms with Gasteiger partial charge in [0.25, 0.3) is 0 Å². The summed E-state index contributed by atoms with van der Waals surface area (Å²) in [5, 5.41) is 6.74. The Morgan fingerprint density at radius 2 is 2.07 bits per heavy atom. The third-order valence-electron chi connectivity index (χ3n) is 5.13. The maximum atomic E-state index is 13.9. The topological polar surface area (TPSA) is 58.1 Å². The number of guanidine groups is 1. The van der Waals surface area contributed by atoms with Crippen molar-refractivity contribution < 1.29 is 13.9 Å². The molecule has 0 aromatic heterocycles. The number of benzene rings is 1. The molecule has 1 unspecified atom stereocenters. The molecule has 0 radical (unpaired) electrons. The van der Waals surface area contributed by atoms with Gasteiger partial charge in [-0.1, -0.05) is 6.07 Å². The zero-order chi connectivity index (χ0) is 19.6. The quantitative estimate of drug-likeness (QED) is 0.536. The van der Waals surface area contributed by atoms with Crippen LogP contribution in [0.3, 0.4) is 0 Å². The maximum absolute atomic E-state index is 13.9. The van der Waals surface area contributed by atoms with Gasteiger partial charge in [-0.2, -0.15) is 0 Å². The molecular weight excluding hydrogens is 347 g/mol. The van der Waals surface area contributed by atoms with Gasteiger partial charge in [-0.3, -0.25) is 4.99 Å². The molecule has 1 heterocycles. The number of hydrogen-bond acceptors (Lipinski definition) is 4. The van der Waals surface area contributed by atoms with Crippen LogP contribution in [0, 0.1) is 11.7 Å². The standard InChI is InChI=1S/C20H33FN4O2/c1-15(17-5-6-19(27-4)18(21)13-17)24-20(22-2)23-14-16-7-9-25(10-8-16)11-12-26-3/h5-6,13,15-16H,7-12,14H2,1-4H3,(H2,22,23,24). The summed E-state index contributed by atoms with van der Waals surface area (Å²) in [5.41, 5.74) is 0.850. The molecule has 1 aliphatic rings. The largest absolute Gasteiger partial charge is 0.494 e. The maximum Gasteiger partial charge on any atom is 0.191 e. The summed E-state index contributed by atoms with van der Waals surface area (Å²) in [4.78, 5) is 6.75. The molecule has 1 saturated heterocycles. The fourth-order valence-electron chi connectivity index (χ4n) is 3.31. The van der Waals surface area contributed by atoms with E-state index in [4.69, 9.17) is 9.47 Å². The molecule has 0 spiro atoms. The zero-order valence-electron chi connectivity index (χ0n) is 16.9. The average Bonchev–Trinajstić information content (AvgIpc) is 2.70. The molecule has 1 atom stereocenters. The summed E-state index contributed by atoms with van der Waals surface area (Å²) in [6.07, 6.45) is 2.35. The molecule has 7 heteroatoms. The molecule has 1 aromatic carbocycles. The number of aliphatic imine (C=N–C) groups is 1. The Hall–Kier alpha value is -1.86. The number of likely N-dealkylation sites (tertiary alicyclic amines) is 1. The summed E-state index contributed by atoms with van der Waals surface area (Å²) in [5.74, 6) is 1.27. The van der Waals surface area contributed by atoms with Gasteiger partial charge in [0.1, 0.15) is 0 Å². The highest BCUT2D eigenvalue weighted by Gasteiger charge is 2.19. The van der Waals surface area contributed by atoms with Gasteiger partial charge >= 0.3 is 0 Å². The van der Waals surface area contributed by atoms with Crippen LogP contribution in [-0.2, 0) is 4.74 Å². The second kappa shape index (κ2) is 11.1. The summed E-state index contributed by atoms with van der Waals surface area (Å²) < 4.78 is 24.0. The molecule has 0 saturated carbocycles. The minimum Gasteiger partial charge on any atom is -0.494 e. The van der Waals surface area contributed by atoms with E-state index >= 15 is 0 Å².